The molecule has 1 amide bonds. The quantitative estimate of drug-likeness (QED) is 0.664. The van der Waals surface area contributed by atoms with Gasteiger partial charge in [-0.2, -0.15) is 0 Å². The van der Waals surface area contributed by atoms with Crippen molar-refractivity contribution in [2.45, 2.75) is 6.92 Å². The van der Waals surface area contributed by atoms with Crippen LogP contribution in [0.4, 0.5) is 11.4 Å². The van der Waals surface area contributed by atoms with E-state index in [0.717, 1.165) is 0 Å². The largest absolute Gasteiger partial charge is 0.382 e. The van der Waals surface area contributed by atoms with Crippen molar-refractivity contribution < 1.29 is 22.7 Å². The number of sulfonamides is 1. The highest BCUT2D eigenvalue weighted by Crippen LogP contribution is 2.16. The monoisotopic (exact) mass is 316 g/mol. The summed E-state index contributed by atoms with van der Waals surface area (Å²) in [4.78, 5) is 11.0. The molecule has 0 bridgehead atoms. The second-order valence-electron chi connectivity index (χ2n) is 4.29. The van der Waals surface area contributed by atoms with Gasteiger partial charge in [0.05, 0.1) is 31.3 Å². The minimum atomic E-state index is -3.50. The topological polar surface area (TPSA) is 93.7 Å². The molecule has 0 heterocycles. The minimum absolute atomic E-state index is 0.0874. The van der Waals surface area contributed by atoms with Gasteiger partial charge in [-0.1, -0.05) is 6.07 Å². The Balaban J connectivity index is 2.52. The molecular weight excluding hydrogens is 296 g/mol. The highest BCUT2D eigenvalue weighted by molar-refractivity contribution is 7.92. The van der Waals surface area contributed by atoms with Crippen molar-refractivity contribution in [1.29, 1.82) is 0 Å². The SMILES string of the molecule is COCCOCCS(=O)(=O)Nc1cccc(NC(C)=O)c1. The van der Waals surface area contributed by atoms with Gasteiger partial charge < -0.3 is 14.8 Å². The van der Waals surface area contributed by atoms with E-state index < -0.39 is 10.0 Å². The second kappa shape index (κ2) is 8.60. The summed E-state index contributed by atoms with van der Waals surface area (Å²) < 4.78 is 36.1. The summed E-state index contributed by atoms with van der Waals surface area (Å²) in [5, 5.41) is 2.58. The maximum Gasteiger partial charge on any atom is 0.235 e. The van der Waals surface area contributed by atoms with E-state index >= 15 is 0 Å². The summed E-state index contributed by atoms with van der Waals surface area (Å²) in [6.45, 7) is 2.24. The van der Waals surface area contributed by atoms with E-state index in [-0.39, 0.29) is 18.3 Å². The van der Waals surface area contributed by atoms with Crippen molar-refractivity contribution in [3.05, 3.63) is 24.3 Å². The molecule has 118 valence electrons. The van der Waals surface area contributed by atoms with Crippen LogP contribution < -0.4 is 10.0 Å². The number of ether oxygens (including phenoxy) is 2. The predicted molar refractivity (Wildman–Crippen MR) is 80.9 cm³/mol. The number of anilines is 2. The van der Waals surface area contributed by atoms with Gasteiger partial charge in [-0.3, -0.25) is 9.52 Å². The Bertz CT molecular complexity index is 559. The van der Waals surface area contributed by atoms with Gasteiger partial charge in [-0.25, -0.2) is 8.42 Å². The zero-order chi connectivity index (χ0) is 15.7. The number of benzene rings is 1. The maximum atomic E-state index is 11.9. The van der Waals surface area contributed by atoms with Crippen LogP contribution >= 0.6 is 0 Å². The van der Waals surface area contributed by atoms with Crippen LogP contribution in [0.5, 0.6) is 0 Å². The van der Waals surface area contributed by atoms with Gasteiger partial charge >= 0.3 is 0 Å². The third-order valence-electron chi connectivity index (χ3n) is 2.38. The number of methoxy groups -OCH3 is 1. The standard InChI is InChI=1S/C13H20N2O5S/c1-11(16)14-12-4-3-5-13(10-12)15-21(17,18)9-8-20-7-6-19-2/h3-5,10,15H,6-9H2,1-2H3,(H,14,16). The lowest BCUT2D eigenvalue weighted by molar-refractivity contribution is -0.114. The van der Waals surface area contributed by atoms with Crippen molar-refractivity contribution in [2.75, 3.05) is 42.7 Å². The fourth-order valence-electron chi connectivity index (χ4n) is 1.51. The maximum absolute atomic E-state index is 11.9. The summed E-state index contributed by atoms with van der Waals surface area (Å²) in [7, 11) is -1.95. The van der Waals surface area contributed by atoms with Crippen LogP contribution in [0.2, 0.25) is 0 Å². The van der Waals surface area contributed by atoms with Crippen LogP contribution in [0.1, 0.15) is 6.92 Å². The number of hydrogen-bond donors (Lipinski definition) is 2. The lowest BCUT2D eigenvalue weighted by Gasteiger charge is -2.10. The number of amides is 1. The zero-order valence-corrected chi connectivity index (χ0v) is 12.9. The van der Waals surface area contributed by atoms with Crippen molar-refractivity contribution in [3.63, 3.8) is 0 Å². The van der Waals surface area contributed by atoms with E-state index in [1.165, 1.54) is 6.92 Å². The predicted octanol–water partition coefficient (Wildman–Crippen LogP) is 1.05. The molecule has 8 heteroatoms. The van der Waals surface area contributed by atoms with E-state index in [2.05, 4.69) is 10.0 Å². The Morgan fingerprint density at radius 1 is 1.19 bits per heavy atom. The van der Waals surface area contributed by atoms with Crippen LogP contribution in [0.3, 0.4) is 0 Å². The van der Waals surface area contributed by atoms with Gasteiger partial charge in [0.2, 0.25) is 15.9 Å². The normalized spacial score (nSPS) is 11.1. The first-order valence-electron chi connectivity index (χ1n) is 6.38. The van der Waals surface area contributed by atoms with Crippen molar-refractivity contribution in [1.82, 2.24) is 0 Å². The Morgan fingerprint density at radius 2 is 1.90 bits per heavy atom. The minimum Gasteiger partial charge on any atom is -0.382 e. The Hall–Kier alpha value is -1.64. The summed E-state index contributed by atoms with van der Waals surface area (Å²) in [5.74, 6) is -0.372. The highest BCUT2D eigenvalue weighted by atomic mass is 32.2. The lowest BCUT2D eigenvalue weighted by atomic mass is 10.3. The molecular formula is C13H20N2O5S. The fourth-order valence-corrected chi connectivity index (χ4v) is 2.43. The molecule has 0 aliphatic heterocycles. The van der Waals surface area contributed by atoms with Gasteiger partial charge in [-0.05, 0) is 18.2 Å². The molecule has 0 unspecified atom stereocenters. The Morgan fingerprint density at radius 3 is 2.57 bits per heavy atom. The summed E-state index contributed by atoms with van der Waals surface area (Å²) in [6, 6.07) is 6.48. The first kappa shape index (κ1) is 17.4. The zero-order valence-electron chi connectivity index (χ0n) is 12.1. The van der Waals surface area contributed by atoms with Gasteiger partial charge in [0.1, 0.15) is 0 Å². The van der Waals surface area contributed by atoms with E-state index in [4.69, 9.17) is 9.47 Å². The van der Waals surface area contributed by atoms with Gasteiger partial charge in [0.25, 0.3) is 0 Å². The third-order valence-corrected chi connectivity index (χ3v) is 3.64. The van der Waals surface area contributed by atoms with E-state index in [0.29, 0.717) is 24.6 Å². The van der Waals surface area contributed by atoms with E-state index in [1.807, 2.05) is 0 Å². The molecule has 0 radical (unpaired) electrons. The lowest BCUT2D eigenvalue weighted by Crippen LogP contribution is -2.21. The second-order valence-corrected chi connectivity index (χ2v) is 6.13. The highest BCUT2D eigenvalue weighted by Gasteiger charge is 2.10. The van der Waals surface area contributed by atoms with Crippen LogP contribution in [0.25, 0.3) is 0 Å². The molecule has 0 saturated heterocycles. The fraction of sp³-hybridized carbons (Fsp3) is 0.462. The Labute approximate surface area is 124 Å². The molecule has 0 aliphatic rings. The third kappa shape index (κ3) is 7.64. The number of hydrogen-bond acceptors (Lipinski definition) is 5. The van der Waals surface area contributed by atoms with Gasteiger partial charge in [0, 0.05) is 19.7 Å². The van der Waals surface area contributed by atoms with Crippen LogP contribution in [-0.2, 0) is 24.3 Å². The molecule has 2 N–H and O–H groups in total. The molecule has 0 fully saturated rings. The molecule has 0 aliphatic carbocycles. The summed E-state index contributed by atoms with van der Waals surface area (Å²) in [5.41, 5.74) is 0.914. The molecule has 1 aromatic carbocycles. The first-order valence-corrected chi connectivity index (χ1v) is 8.03. The molecule has 7 nitrogen and oxygen atoms in total. The molecule has 1 rings (SSSR count). The van der Waals surface area contributed by atoms with Crippen molar-refractivity contribution in [2.24, 2.45) is 0 Å². The van der Waals surface area contributed by atoms with Crippen molar-refractivity contribution >= 4 is 27.3 Å². The van der Waals surface area contributed by atoms with Crippen LogP contribution in [0, 0.1) is 0 Å². The van der Waals surface area contributed by atoms with E-state index in [9.17, 15) is 13.2 Å². The molecule has 21 heavy (non-hydrogen) atoms. The van der Waals surface area contributed by atoms with Gasteiger partial charge in [-0.15, -0.1) is 0 Å². The average molecular weight is 316 g/mol. The van der Waals surface area contributed by atoms with Crippen LogP contribution in [0.15, 0.2) is 24.3 Å². The smallest absolute Gasteiger partial charge is 0.235 e. The molecule has 0 aromatic heterocycles. The molecule has 0 saturated carbocycles. The first-order chi connectivity index (χ1) is 9.93. The van der Waals surface area contributed by atoms with E-state index in [1.54, 1.807) is 31.4 Å². The molecule has 1 aromatic rings. The number of carbonyl (C=O) groups excluding carboxylic acids is 1. The molecule has 0 atom stereocenters. The number of nitrogens with one attached hydrogen (secondary N) is 2. The Kier molecular flexibility index (Phi) is 7.13. The summed E-state index contributed by atoms with van der Waals surface area (Å²) >= 11 is 0. The average Bonchev–Trinajstić information content (AvgIpc) is 2.37. The summed E-state index contributed by atoms with van der Waals surface area (Å²) in [6.07, 6.45) is 0. The van der Waals surface area contributed by atoms with Crippen LogP contribution in [-0.4, -0.2) is 47.0 Å². The number of carbonyl (C=O) groups is 1. The number of rotatable bonds is 9. The van der Waals surface area contributed by atoms with Crippen molar-refractivity contribution in [3.8, 4) is 0 Å². The van der Waals surface area contributed by atoms with Gasteiger partial charge in [0.15, 0.2) is 0 Å². The molecule has 0 spiro atoms.